The van der Waals surface area contributed by atoms with Crippen LogP contribution in [0.2, 0.25) is 0 Å². The number of carbonyl (C=O) groups excluding carboxylic acids is 2. The van der Waals surface area contributed by atoms with Crippen LogP contribution in [0.25, 0.3) is 0 Å². The largest absolute Gasteiger partial charge is 0.378 e. The zero-order valence-corrected chi connectivity index (χ0v) is 14.2. The van der Waals surface area contributed by atoms with Gasteiger partial charge in [0.2, 0.25) is 11.8 Å². The molecule has 1 heterocycles. The first kappa shape index (κ1) is 17.4. The minimum Gasteiger partial charge on any atom is -0.378 e. The predicted octanol–water partition coefficient (Wildman–Crippen LogP) is 2.16. The molecular formula is C19H23N3O3. The van der Waals surface area contributed by atoms with Crippen LogP contribution in [0.3, 0.4) is 0 Å². The van der Waals surface area contributed by atoms with E-state index in [1.807, 2.05) is 4.90 Å². The maximum Gasteiger partial charge on any atom is 0.227 e. The summed E-state index contributed by atoms with van der Waals surface area (Å²) in [5, 5.41) is 12.0. The van der Waals surface area contributed by atoms with Crippen molar-refractivity contribution in [3.05, 3.63) is 29.8 Å². The van der Waals surface area contributed by atoms with Gasteiger partial charge in [-0.1, -0.05) is 12.1 Å². The van der Waals surface area contributed by atoms with Crippen molar-refractivity contribution in [3.8, 4) is 6.07 Å². The molecule has 6 heteroatoms. The number of morpholine rings is 1. The van der Waals surface area contributed by atoms with Gasteiger partial charge in [-0.25, -0.2) is 0 Å². The molecule has 1 N–H and O–H groups in total. The molecule has 2 fully saturated rings. The van der Waals surface area contributed by atoms with E-state index in [2.05, 4.69) is 11.4 Å². The molecule has 0 atom stereocenters. The normalized spacial score (nSPS) is 23.6. The summed E-state index contributed by atoms with van der Waals surface area (Å²) in [5.41, 5.74) is 1.02. The van der Waals surface area contributed by atoms with E-state index in [1.165, 1.54) is 0 Å². The van der Waals surface area contributed by atoms with Gasteiger partial charge in [-0.2, -0.15) is 5.26 Å². The molecule has 1 saturated carbocycles. The fourth-order valence-corrected chi connectivity index (χ4v) is 3.57. The minimum absolute atomic E-state index is 0.0218. The Bertz CT molecular complexity index is 669. The molecule has 3 rings (SSSR count). The molecule has 0 bridgehead atoms. The van der Waals surface area contributed by atoms with Gasteiger partial charge < -0.3 is 15.0 Å². The van der Waals surface area contributed by atoms with Crippen LogP contribution < -0.4 is 5.32 Å². The number of hydrogen-bond donors (Lipinski definition) is 1. The number of ether oxygens (including phenoxy) is 1. The maximum atomic E-state index is 12.5. The minimum atomic E-state index is -0.0968. The third-order valence-electron chi connectivity index (χ3n) is 5.08. The SMILES string of the molecule is N#Cc1ccccc1NC(=O)C1CCC(C(=O)N2CCOCC2)CC1. The Labute approximate surface area is 147 Å². The number of amides is 2. The molecule has 2 amide bonds. The van der Waals surface area contributed by atoms with Gasteiger partial charge in [-0.3, -0.25) is 9.59 Å². The molecule has 1 aliphatic heterocycles. The Morgan fingerprint density at radius 3 is 2.40 bits per heavy atom. The van der Waals surface area contributed by atoms with Crippen molar-refractivity contribution in [3.63, 3.8) is 0 Å². The van der Waals surface area contributed by atoms with Crippen LogP contribution in [0.5, 0.6) is 0 Å². The lowest BCUT2D eigenvalue weighted by molar-refractivity contribution is -0.141. The summed E-state index contributed by atoms with van der Waals surface area (Å²) in [6.07, 6.45) is 2.91. The number of nitriles is 1. The Morgan fingerprint density at radius 1 is 1.08 bits per heavy atom. The molecule has 1 aromatic carbocycles. The molecule has 132 valence electrons. The second-order valence-electron chi connectivity index (χ2n) is 6.63. The third-order valence-corrected chi connectivity index (χ3v) is 5.08. The van der Waals surface area contributed by atoms with Crippen LogP contribution >= 0.6 is 0 Å². The van der Waals surface area contributed by atoms with Crippen molar-refractivity contribution in [2.75, 3.05) is 31.6 Å². The molecule has 1 aliphatic carbocycles. The lowest BCUT2D eigenvalue weighted by atomic mass is 9.80. The number of benzene rings is 1. The van der Waals surface area contributed by atoms with Gasteiger partial charge in [0.15, 0.2) is 0 Å². The van der Waals surface area contributed by atoms with E-state index >= 15 is 0 Å². The van der Waals surface area contributed by atoms with Gasteiger partial charge in [0.25, 0.3) is 0 Å². The molecule has 1 saturated heterocycles. The Kier molecular flexibility index (Phi) is 5.67. The van der Waals surface area contributed by atoms with E-state index in [4.69, 9.17) is 10.00 Å². The van der Waals surface area contributed by atoms with Crippen molar-refractivity contribution in [1.82, 2.24) is 4.90 Å². The smallest absolute Gasteiger partial charge is 0.227 e. The van der Waals surface area contributed by atoms with Crippen molar-refractivity contribution >= 4 is 17.5 Å². The first-order chi connectivity index (χ1) is 12.2. The van der Waals surface area contributed by atoms with Crippen LogP contribution in [0.1, 0.15) is 31.2 Å². The Balaban J connectivity index is 1.52. The number of anilines is 1. The van der Waals surface area contributed by atoms with E-state index in [1.54, 1.807) is 24.3 Å². The monoisotopic (exact) mass is 341 g/mol. The van der Waals surface area contributed by atoms with Crippen LogP contribution in [0, 0.1) is 23.2 Å². The highest BCUT2D eigenvalue weighted by atomic mass is 16.5. The predicted molar refractivity (Wildman–Crippen MR) is 92.6 cm³/mol. The number of para-hydroxylation sites is 1. The van der Waals surface area contributed by atoms with Crippen LogP contribution in [0.4, 0.5) is 5.69 Å². The maximum absolute atomic E-state index is 12.5. The van der Waals surface area contributed by atoms with E-state index in [0.717, 1.165) is 12.8 Å². The summed E-state index contributed by atoms with van der Waals surface area (Å²) in [4.78, 5) is 26.9. The van der Waals surface area contributed by atoms with E-state index in [0.29, 0.717) is 50.4 Å². The van der Waals surface area contributed by atoms with Gasteiger partial charge in [0.05, 0.1) is 24.5 Å². The molecule has 0 radical (unpaired) electrons. The number of rotatable bonds is 3. The quantitative estimate of drug-likeness (QED) is 0.913. The highest BCUT2D eigenvalue weighted by Crippen LogP contribution is 2.31. The number of nitrogens with zero attached hydrogens (tertiary/aromatic N) is 2. The number of carbonyl (C=O) groups is 2. The second-order valence-corrected chi connectivity index (χ2v) is 6.63. The zero-order chi connectivity index (χ0) is 17.6. The average Bonchev–Trinajstić information content (AvgIpc) is 2.68. The molecule has 2 aliphatic rings. The van der Waals surface area contributed by atoms with Crippen molar-refractivity contribution in [1.29, 1.82) is 5.26 Å². The van der Waals surface area contributed by atoms with Crippen molar-refractivity contribution in [2.45, 2.75) is 25.7 Å². The first-order valence-corrected chi connectivity index (χ1v) is 8.85. The van der Waals surface area contributed by atoms with Gasteiger partial charge in [0, 0.05) is 24.9 Å². The standard InChI is InChI=1S/C19H23N3O3/c20-13-16-3-1-2-4-17(16)21-18(23)14-5-7-15(8-6-14)19(24)22-9-11-25-12-10-22/h1-4,14-15H,5-12H2,(H,21,23). The molecule has 0 aromatic heterocycles. The molecule has 25 heavy (non-hydrogen) atoms. The highest BCUT2D eigenvalue weighted by molar-refractivity contribution is 5.94. The van der Waals surface area contributed by atoms with E-state index in [-0.39, 0.29) is 23.7 Å². The fraction of sp³-hybridized carbons (Fsp3) is 0.526. The van der Waals surface area contributed by atoms with E-state index < -0.39 is 0 Å². The highest BCUT2D eigenvalue weighted by Gasteiger charge is 2.32. The number of nitrogens with one attached hydrogen (secondary N) is 1. The summed E-state index contributed by atoms with van der Waals surface area (Å²) in [6.45, 7) is 2.57. The van der Waals surface area contributed by atoms with Gasteiger partial charge >= 0.3 is 0 Å². The van der Waals surface area contributed by atoms with Crippen LogP contribution in [-0.4, -0.2) is 43.0 Å². The van der Waals surface area contributed by atoms with Gasteiger partial charge in [-0.15, -0.1) is 0 Å². The van der Waals surface area contributed by atoms with Crippen molar-refractivity contribution in [2.24, 2.45) is 11.8 Å². The summed E-state index contributed by atoms with van der Waals surface area (Å²) in [5.74, 6) is 0.0750. The fourth-order valence-electron chi connectivity index (χ4n) is 3.57. The molecule has 0 spiro atoms. The van der Waals surface area contributed by atoms with E-state index in [9.17, 15) is 9.59 Å². The molecular weight excluding hydrogens is 318 g/mol. The summed E-state index contributed by atoms with van der Waals surface area (Å²) in [6, 6.07) is 9.09. The van der Waals surface area contributed by atoms with Crippen LogP contribution in [0.15, 0.2) is 24.3 Å². The molecule has 6 nitrogen and oxygen atoms in total. The van der Waals surface area contributed by atoms with Gasteiger partial charge in [-0.05, 0) is 37.8 Å². The average molecular weight is 341 g/mol. The second kappa shape index (κ2) is 8.13. The topological polar surface area (TPSA) is 82.4 Å². The third kappa shape index (κ3) is 4.18. The summed E-state index contributed by atoms with van der Waals surface area (Å²) in [7, 11) is 0. The summed E-state index contributed by atoms with van der Waals surface area (Å²) < 4.78 is 5.29. The van der Waals surface area contributed by atoms with Gasteiger partial charge in [0.1, 0.15) is 6.07 Å². The van der Waals surface area contributed by atoms with Crippen molar-refractivity contribution < 1.29 is 14.3 Å². The van der Waals surface area contributed by atoms with Crippen LogP contribution in [-0.2, 0) is 14.3 Å². The molecule has 1 aromatic rings. The lowest BCUT2D eigenvalue weighted by Gasteiger charge is -2.33. The Hall–Kier alpha value is -2.39. The Morgan fingerprint density at radius 2 is 1.72 bits per heavy atom. The first-order valence-electron chi connectivity index (χ1n) is 8.85. The lowest BCUT2D eigenvalue weighted by Crippen LogP contribution is -2.44. The number of hydrogen-bond acceptors (Lipinski definition) is 4. The zero-order valence-electron chi connectivity index (χ0n) is 14.2. The molecule has 0 unspecified atom stereocenters. The summed E-state index contributed by atoms with van der Waals surface area (Å²) >= 11 is 0.